The highest BCUT2D eigenvalue weighted by molar-refractivity contribution is 5.92. The molecule has 0 rings (SSSR count). The minimum atomic E-state index is -1.33. The molecule has 0 aliphatic carbocycles. The molecule has 0 aliphatic heterocycles. The highest BCUT2D eigenvalue weighted by Gasteiger charge is 2.33. The topological polar surface area (TPSA) is 90.2 Å². The van der Waals surface area contributed by atoms with Crippen LogP contribution in [-0.4, -0.2) is 22.5 Å². The lowest BCUT2D eigenvalue weighted by Crippen LogP contribution is -2.51. The summed E-state index contributed by atoms with van der Waals surface area (Å²) in [6, 6.07) is 1.92. The quantitative estimate of drug-likeness (QED) is 0.501. The zero-order chi connectivity index (χ0) is 11.9. The Morgan fingerprint density at radius 1 is 1.67 bits per heavy atom. The van der Waals surface area contributed by atoms with Crippen LogP contribution in [0.5, 0.6) is 0 Å². The van der Waals surface area contributed by atoms with Gasteiger partial charge in [-0.2, -0.15) is 5.26 Å². The Morgan fingerprint density at radius 3 is 2.67 bits per heavy atom. The number of hydrogen-bond donors (Lipinski definition) is 2. The van der Waals surface area contributed by atoms with Crippen LogP contribution in [0.2, 0.25) is 0 Å². The van der Waals surface area contributed by atoms with Gasteiger partial charge >= 0.3 is 5.97 Å². The maximum Gasteiger partial charge on any atom is 0.329 e. The van der Waals surface area contributed by atoms with Gasteiger partial charge < -0.3 is 10.4 Å². The molecule has 0 heterocycles. The highest BCUT2D eigenvalue weighted by atomic mass is 16.4. The summed E-state index contributed by atoms with van der Waals surface area (Å²) in [7, 11) is 0. The van der Waals surface area contributed by atoms with Crippen molar-refractivity contribution in [2.24, 2.45) is 0 Å². The fourth-order valence-electron chi connectivity index (χ4n) is 1.07. The molecule has 0 aromatic heterocycles. The molecule has 15 heavy (non-hydrogen) atoms. The SMILES string of the molecule is C=CC(=O)N[C@@](C)(CCCC#N)C(=O)O. The van der Waals surface area contributed by atoms with Crippen LogP contribution in [0.1, 0.15) is 26.2 Å². The first-order chi connectivity index (χ1) is 6.96. The first kappa shape index (κ1) is 13.2. The molecule has 1 atom stereocenters. The number of nitriles is 1. The van der Waals surface area contributed by atoms with Gasteiger partial charge in [0.25, 0.3) is 0 Å². The van der Waals surface area contributed by atoms with E-state index in [-0.39, 0.29) is 12.8 Å². The maximum atomic E-state index is 11.0. The van der Waals surface area contributed by atoms with Crippen molar-refractivity contribution < 1.29 is 14.7 Å². The van der Waals surface area contributed by atoms with E-state index in [0.29, 0.717) is 6.42 Å². The predicted molar refractivity (Wildman–Crippen MR) is 53.8 cm³/mol. The Labute approximate surface area is 88.4 Å². The molecule has 5 nitrogen and oxygen atoms in total. The van der Waals surface area contributed by atoms with E-state index in [1.54, 1.807) is 0 Å². The average Bonchev–Trinajstić information content (AvgIpc) is 2.17. The summed E-state index contributed by atoms with van der Waals surface area (Å²) in [5.74, 6) is -1.65. The summed E-state index contributed by atoms with van der Waals surface area (Å²) >= 11 is 0. The third kappa shape index (κ3) is 4.27. The molecule has 2 N–H and O–H groups in total. The maximum absolute atomic E-state index is 11.0. The standard InChI is InChI=1S/C10H14N2O3/c1-3-8(13)12-10(2,9(14)15)6-4-5-7-11/h3H,1,4-6H2,2H3,(H,12,13)(H,14,15)/t10-/m0/s1. The van der Waals surface area contributed by atoms with Crippen LogP contribution < -0.4 is 5.32 Å². The molecule has 82 valence electrons. The monoisotopic (exact) mass is 210 g/mol. The number of carboxylic acids is 1. The van der Waals surface area contributed by atoms with Gasteiger partial charge in [0.15, 0.2) is 0 Å². The summed E-state index contributed by atoms with van der Waals surface area (Å²) in [6.45, 7) is 4.65. The third-order valence-electron chi connectivity index (χ3n) is 2.02. The molecule has 0 saturated heterocycles. The number of carbonyl (C=O) groups is 2. The summed E-state index contributed by atoms with van der Waals surface area (Å²) < 4.78 is 0. The van der Waals surface area contributed by atoms with E-state index < -0.39 is 17.4 Å². The van der Waals surface area contributed by atoms with Gasteiger partial charge in [-0.25, -0.2) is 4.79 Å². The molecule has 0 radical (unpaired) electrons. The van der Waals surface area contributed by atoms with Crippen LogP contribution in [0.4, 0.5) is 0 Å². The van der Waals surface area contributed by atoms with Gasteiger partial charge in [0, 0.05) is 6.42 Å². The normalized spacial score (nSPS) is 13.3. The van der Waals surface area contributed by atoms with Crippen molar-refractivity contribution in [3.8, 4) is 6.07 Å². The minimum absolute atomic E-state index is 0.218. The second-order valence-corrected chi connectivity index (χ2v) is 3.34. The van der Waals surface area contributed by atoms with Crippen LogP contribution in [0.3, 0.4) is 0 Å². The minimum Gasteiger partial charge on any atom is -0.480 e. The highest BCUT2D eigenvalue weighted by Crippen LogP contribution is 2.14. The van der Waals surface area contributed by atoms with Crippen molar-refractivity contribution in [1.29, 1.82) is 5.26 Å². The second kappa shape index (κ2) is 5.81. The fraction of sp³-hybridized carbons (Fsp3) is 0.500. The molecule has 0 unspecified atom stereocenters. The lowest BCUT2D eigenvalue weighted by molar-refractivity contribution is -0.146. The van der Waals surface area contributed by atoms with E-state index in [9.17, 15) is 9.59 Å². The largest absolute Gasteiger partial charge is 0.480 e. The average molecular weight is 210 g/mol. The van der Waals surface area contributed by atoms with E-state index in [2.05, 4.69) is 11.9 Å². The Balaban J connectivity index is 4.46. The molecular weight excluding hydrogens is 196 g/mol. The molecule has 0 bridgehead atoms. The summed E-state index contributed by atoms with van der Waals surface area (Å²) in [4.78, 5) is 21.9. The van der Waals surface area contributed by atoms with Crippen molar-refractivity contribution in [3.63, 3.8) is 0 Å². The Kier molecular flexibility index (Phi) is 5.10. The molecule has 0 spiro atoms. The lowest BCUT2D eigenvalue weighted by Gasteiger charge is -2.25. The number of aliphatic carboxylic acids is 1. The van der Waals surface area contributed by atoms with Crippen LogP contribution in [0.25, 0.3) is 0 Å². The summed E-state index contributed by atoms with van der Waals surface area (Å²) in [5, 5.41) is 19.6. The van der Waals surface area contributed by atoms with Gasteiger partial charge in [-0.3, -0.25) is 4.79 Å². The molecular formula is C10H14N2O3. The number of amides is 1. The molecule has 0 saturated carbocycles. The number of carboxylic acid groups (broad SMARTS) is 1. The first-order valence-electron chi connectivity index (χ1n) is 4.51. The molecule has 5 heteroatoms. The molecule has 0 aromatic carbocycles. The van der Waals surface area contributed by atoms with Gasteiger partial charge in [-0.05, 0) is 25.8 Å². The van der Waals surface area contributed by atoms with Crippen molar-refractivity contribution in [3.05, 3.63) is 12.7 Å². The molecule has 0 fully saturated rings. The molecule has 0 aliphatic rings. The first-order valence-corrected chi connectivity index (χ1v) is 4.51. The van der Waals surface area contributed by atoms with Gasteiger partial charge in [0.2, 0.25) is 5.91 Å². The Hall–Kier alpha value is -1.83. The summed E-state index contributed by atoms with van der Waals surface area (Å²) in [6.07, 6.45) is 1.94. The number of hydrogen-bond acceptors (Lipinski definition) is 3. The number of nitrogens with one attached hydrogen (secondary N) is 1. The van der Waals surface area contributed by atoms with E-state index in [4.69, 9.17) is 10.4 Å². The van der Waals surface area contributed by atoms with Crippen molar-refractivity contribution in [1.82, 2.24) is 5.32 Å². The fourth-order valence-corrected chi connectivity index (χ4v) is 1.07. The van der Waals surface area contributed by atoms with E-state index in [1.807, 2.05) is 6.07 Å². The van der Waals surface area contributed by atoms with Crippen LogP contribution >= 0.6 is 0 Å². The Morgan fingerprint density at radius 2 is 2.27 bits per heavy atom. The van der Waals surface area contributed by atoms with Gasteiger partial charge in [-0.15, -0.1) is 0 Å². The Bertz CT molecular complexity index is 306. The van der Waals surface area contributed by atoms with Crippen molar-refractivity contribution in [2.45, 2.75) is 31.7 Å². The number of nitrogens with zero attached hydrogens (tertiary/aromatic N) is 1. The van der Waals surface area contributed by atoms with Gasteiger partial charge in [0.1, 0.15) is 5.54 Å². The van der Waals surface area contributed by atoms with E-state index in [1.165, 1.54) is 6.92 Å². The predicted octanol–water partition coefficient (Wildman–Crippen LogP) is 0.826. The zero-order valence-electron chi connectivity index (χ0n) is 8.62. The van der Waals surface area contributed by atoms with Crippen molar-refractivity contribution >= 4 is 11.9 Å². The molecule has 1 amide bonds. The zero-order valence-corrected chi connectivity index (χ0v) is 8.62. The van der Waals surface area contributed by atoms with Crippen LogP contribution in [-0.2, 0) is 9.59 Å². The van der Waals surface area contributed by atoms with Crippen LogP contribution in [0, 0.1) is 11.3 Å². The third-order valence-corrected chi connectivity index (χ3v) is 2.02. The number of carbonyl (C=O) groups excluding carboxylic acids is 1. The number of rotatable bonds is 6. The van der Waals surface area contributed by atoms with Crippen molar-refractivity contribution in [2.75, 3.05) is 0 Å². The smallest absolute Gasteiger partial charge is 0.329 e. The van der Waals surface area contributed by atoms with Gasteiger partial charge in [-0.1, -0.05) is 6.58 Å². The van der Waals surface area contributed by atoms with Gasteiger partial charge in [0.05, 0.1) is 6.07 Å². The van der Waals surface area contributed by atoms with E-state index >= 15 is 0 Å². The number of unbranched alkanes of at least 4 members (excludes halogenated alkanes) is 1. The lowest BCUT2D eigenvalue weighted by atomic mass is 9.95. The second-order valence-electron chi connectivity index (χ2n) is 3.34. The van der Waals surface area contributed by atoms with E-state index in [0.717, 1.165) is 6.08 Å². The summed E-state index contributed by atoms with van der Waals surface area (Å²) in [5.41, 5.74) is -1.33. The van der Waals surface area contributed by atoms with Crippen LogP contribution in [0.15, 0.2) is 12.7 Å². The molecule has 0 aromatic rings.